The predicted molar refractivity (Wildman–Crippen MR) is 142 cm³/mol. The Morgan fingerprint density at radius 1 is 0.974 bits per heavy atom. The lowest BCUT2D eigenvalue weighted by Crippen LogP contribution is -2.64. The molecule has 0 spiro atoms. The summed E-state index contributed by atoms with van der Waals surface area (Å²) >= 11 is 0. The molecule has 2 saturated carbocycles. The summed E-state index contributed by atoms with van der Waals surface area (Å²) in [5.74, 6) is -3.36. The van der Waals surface area contributed by atoms with Gasteiger partial charge in [0.05, 0.1) is 24.5 Å². The molecule has 4 aliphatic carbocycles. The second-order valence-corrected chi connectivity index (χ2v) is 14.0. The summed E-state index contributed by atoms with van der Waals surface area (Å²) in [7, 11) is 1.27. The van der Waals surface area contributed by atoms with E-state index in [0.29, 0.717) is 12.8 Å². The van der Waals surface area contributed by atoms with Gasteiger partial charge in [0.2, 0.25) is 0 Å². The Morgan fingerprint density at radius 2 is 1.59 bits per heavy atom. The number of esters is 1. The number of ether oxygens (including phenoxy) is 1. The van der Waals surface area contributed by atoms with Crippen molar-refractivity contribution < 1.29 is 38.9 Å². The largest absolute Gasteiger partial charge is 0.469 e. The quantitative estimate of drug-likeness (QED) is 0.486. The molecule has 0 amide bonds. The van der Waals surface area contributed by atoms with Crippen LogP contribution in [0.5, 0.6) is 0 Å². The van der Waals surface area contributed by atoms with Crippen LogP contribution in [0.15, 0.2) is 11.1 Å². The summed E-state index contributed by atoms with van der Waals surface area (Å²) < 4.78 is 4.73. The molecule has 4 aliphatic rings. The Morgan fingerprint density at radius 3 is 2.18 bits per heavy atom. The molecule has 8 heteroatoms. The highest BCUT2D eigenvalue weighted by atomic mass is 16.5. The van der Waals surface area contributed by atoms with Gasteiger partial charge in [-0.05, 0) is 42.9 Å². The van der Waals surface area contributed by atoms with E-state index in [4.69, 9.17) is 4.74 Å². The fourth-order valence-corrected chi connectivity index (χ4v) is 9.05. The third kappa shape index (κ3) is 3.87. The Labute approximate surface area is 230 Å². The number of carbonyl (C=O) groups excluding carboxylic acids is 5. The second kappa shape index (κ2) is 9.44. The number of allylic oxidation sites excluding steroid dienone is 1. The average molecular weight is 545 g/mol. The molecule has 0 heterocycles. The zero-order valence-electron chi connectivity index (χ0n) is 24.6. The highest BCUT2D eigenvalue weighted by Gasteiger charge is 2.73. The van der Waals surface area contributed by atoms with Crippen molar-refractivity contribution in [3.63, 3.8) is 0 Å². The van der Waals surface area contributed by atoms with Crippen LogP contribution in [-0.2, 0) is 28.7 Å². The van der Waals surface area contributed by atoms with Crippen LogP contribution < -0.4 is 0 Å². The number of aliphatic hydroxyl groups excluding tert-OH is 2. The maximum absolute atomic E-state index is 14.1. The van der Waals surface area contributed by atoms with Crippen LogP contribution in [-0.4, -0.2) is 58.6 Å². The summed E-state index contributed by atoms with van der Waals surface area (Å²) in [4.78, 5) is 66.7. The number of carbonyl (C=O) groups is 5. The lowest BCUT2D eigenvalue weighted by atomic mass is 9.42. The smallest absolute Gasteiger partial charge is 0.308 e. The molecule has 216 valence electrons. The van der Waals surface area contributed by atoms with Crippen LogP contribution in [0.2, 0.25) is 0 Å². The Bertz CT molecular complexity index is 1170. The van der Waals surface area contributed by atoms with Crippen molar-refractivity contribution in [1.29, 1.82) is 0 Å². The Balaban J connectivity index is 1.77. The van der Waals surface area contributed by atoms with E-state index in [2.05, 4.69) is 0 Å². The van der Waals surface area contributed by atoms with Gasteiger partial charge in [0.25, 0.3) is 0 Å². The number of rotatable bonds is 6. The van der Waals surface area contributed by atoms with E-state index < -0.39 is 57.5 Å². The molecule has 0 radical (unpaired) electrons. The van der Waals surface area contributed by atoms with Gasteiger partial charge in [-0.25, -0.2) is 0 Å². The van der Waals surface area contributed by atoms with Gasteiger partial charge >= 0.3 is 5.97 Å². The fraction of sp³-hybridized carbons (Fsp3) is 0.774. The molecule has 8 nitrogen and oxygen atoms in total. The zero-order valence-corrected chi connectivity index (χ0v) is 24.6. The Hall–Kier alpha value is -2.19. The molecule has 0 unspecified atom stereocenters. The number of ketones is 4. The minimum absolute atomic E-state index is 0.00229. The molecule has 4 rings (SSSR count). The van der Waals surface area contributed by atoms with E-state index in [9.17, 15) is 34.2 Å². The first-order chi connectivity index (χ1) is 17.9. The van der Waals surface area contributed by atoms with E-state index in [1.54, 1.807) is 20.8 Å². The highest BCUT2D eigenvalue weighted by molar-refractivity contribution is 6.17. The second-order valence-electron chi connectivity index (χ2n) is 14.0. The topological polar surface area (TPSA) is 135 Å². The van der Waals surface area contributed by atoms with Crippen molar-refractivity contribution in [1.82, 2.24) is 0 Å². The predicted octanol–water partition coefficient (Wildman–Crippen LogP) is 3.40. The molecule has 0 saturated heterocycles. The molecule has 2 N–H and O–H groups in total. The van der Waals surface area contributed by atoms with E-state index in [1.807, 2.05) is 27.7 Å². The van der Waals surface area contributed by atoms with E-state index in [0.717, 1.165) is 0 Å². The number of hydrogen-bond acceptors (Lipinski definition) is 8. The standard InChI is InChI=1S/C31H44O8/c1-15(11-17(32)12-16(2)27(38)39-8)18-13-22(35)31(7)23-19(33)14-20-28(3,4)21(34)9-10-29(20,5)24(23)25(36)26(37)30(18,31)6/h15-16,18,20-21,26,34,37H,9-14H2,1-8H3/t15-,16-,18-,20+,21+,26-,29+,30+,31+/m1/s1. The number of fused-ring (bicyclic) bond motifs is 4. The van der Waals surface area contributed by atoms with Gasteiger partial charge in [0.1, 0.15) is 17.7 Å². The van der Waals surface area contributed by atoms with E-state index in [-0.39, 0.29) is 66.0 Å². The minimum atomic E-state index is -1.51. The normalized spacial score (nSPS) is 40.9. The number of methoxy groups -OCH3 is 1. The summed E-state index contributed by atoms with van der Waals surface area (Å²) in [5.41, 5.74) is -3.49. The first kappa shape index (κ1) is 29.8. The van der Waals surface area contributed by atoms with E-state index >= 15 is 0 Å². The zero-order chi connectivity index (χ0) is 29.5. The third-order valence-corrected chi connectivity index (χ3v) is 11.7. The number of Topliss-reactive ketones (excluding diaryl/α,β-unsaturated/α-hetero) is 4. The van der Waals surface area contributed by atoms with Crippen LogP contribution in [0.3, 0.4) is 0 Å². The molecular weight excluding hydrogens is 500 g/mol. The number of aliphatic hydroxyl groups is 2. The summed E-state index contributed by atoms with van der Waals surface area (Å²) in [6, 6.07) is 0. The Kier molecular flexibility index (Phi) is 7.21. The summed E-state index contributed by atoms with van der Waals surface area (Å²) in [6.07, 6.45) is -0.920. The first-order valence-electron chi connectivity index (χ1n) is 14.2. The fourth-order valence-electron chi connectivity index (χ4n) is 9.05. The first-order valence-corrected chi connectivity index (χ1v) is 14.2. The van der Waals surface area contributed by atoms with Crippen LogP contribution in [0.4, 0.5) is 0 Å². The molecule has 0 bridgehead atoms. The average Bonchev–Trinajstić information content (AvgIpc) is 3.07. The molecule has 2 fully saturated rings. The van der Waals surface area contributed by atoms with Gasteiger partial charge in [-0.3, -0.25) is 24.0 Å². The lowest BCUT2D eigenvalue weighted by molar-refractivity contribution is -0.159. The maximum atomic E-state index is 14.1. The van der Waals surface area contributed by atoms with Gasteiger partial charge in [0.15, 0.2) is 11.6 Å². The molecular formula is C31H44O8. The highest BCUT2D eigenvalue weighted by Crippen LogP contribution is 2.70. The SMILES string of the molecule is COC(=O)[C@H](C)CC(=O)C[C@@H](C)[C@H]1CC(=O)[C@@]2(C)C3=C(C(=O)[C@@H](O)[C@]12C)[C@@]1(C)CC[C@H](O)C(C)(C)[C@@H]1CC3=O. The van der Waals surface area contributed by atoms with Crippen molar-refractivity contribution in [3.8, 4) is 0 Å². The van der Waals surface area contributed by atoms with Gasteiger partial charge in [-0.15, -0.1) is 0 Å². The molecule has 9 atom stereocenters. The van der Waals surface area contributed by atoms with Crippen molar-refractivity contribution in [3.05, 3.63) is 11.1 Å². The molecule has 39 heavy (non-hydrogen) atoms. The summed E-state index contributed by atoms with van der Waals surface area (Å²) in [6.45, 7) is 12.7. The lowest BCUT2D eigenvalue weighted by Gasteiger charge is -2.60. The van der Waals surface area contributed by atoms with Crippen LogP contribution in [0.1, 0.15) is 87.0 Å². The summed E-state index contributed by atoms with van der Waals surface area (Å²) in [5, 5.41) is 22.5. The van der Waals surface area contributed by atoms with Gasteiger partial charge in [0, 0.05) is 47.7 Å². The van der Waals surface area contributed by atoms with Crippen LogP contribution >= 0.6 is 0 Å². The van der Waals surface area contributed by atoms with Crippen molar-refractivity contribution in [2.75, 3.05) is 7.11 Å². The maximum Gasteiger partial charge on any atom is 0.308 e. The van der Waals surface area contributed by atoms with E-state index in [1.165, 1.54) is 7.11 Å². The molecule has 0 aromatic carbocycles. The van der Waals surface area contributed by atoms with Crippen molar-refractivity contribution >= 4 is 29.1 Å². The van der Waals surface area contributed by atoms with Crippen LogP contribution in [0, 0.1) is 45.3 Å². The van der Waals surface area contributed by atoms with Crippen molar-refractivity contribution in [2.24, 2.45) is 45.3 Å². The monoisotopic (exact) mass is 544 g/mol. The van der Waals surface area contributed by atoms with Gasteiger partial charge in [-0.2, -0.15) is 0 Å². The minimum Gasteiger partial charge on any atom is -0.469 e. The van der Waals surface area contributed by atoms with Gasteiger partial charge in [-0.1, -0.05) is 41.5 Å². The molecule has 0 aromatic rings. The molecule has 0 aromatic heterocycles. The molecule has 0 aliphatic heterocycles. The third-order valence-electron chi connectivity index (χ3n) is 11.7. The van der Waals surface area contributed by atoms with Crippen LogP contribution in [0.25, 0.3) is 0 Å². The van der Waals surface area contributed by atoms with Crippen molar-refractivity contribution in [2.45, 2.75) is 99.2 Å². The number of hydrogen-bond donors (Lipinski definition) is 2. The van der Waals surface area contributed by atoms with Gasteiger partial charge < -0.3 is 14.9 Å².